The fourth-order valence-corrected chi connectivity index (χ4v) is 1.74. The number of carbonyl (C=O) groups is 2. The fraction of sp³-hybridized carbons (Fsp3) is 0.357. The second kappa shape index (κ2) is 7.14. The molecule has 0 heterocycles. The number of hydrogen-bond acceptors (Lipinski definition) is 4. The third-order valence-corrected chi connectivity index (χ3v) is 2.89. The van der Waals surface area contributed by atoms with Gasteiger partial charge in [-0.05, 0) is 26.0 Å². The van der Waals surface area contributed by atoms with E-state index >= 15 is 0 Å². The molecule has 0 saturated heterocycles. The van der Waals surface area contributed by atoms with Crippen molar-refractivity contribution in [1.29, 1.82) is 5.26 Å². The average molecular weight is 291 g/mol. The molecule has 1 aromatic carbocycles. The summed E-state index contributed by atoms with van der Waals surface area (Å²) in [6.07, 6.45) is 0. The largest absolute Gasteiger partial charge is 0.505 e. The lowest BCUT2D eigenvalue weighted by molar-refractivity contribution is 0.0693. The van der Waals surface area contributed by atoms with Crippen molar-refractivity contribution in [2.24, 2.45) is 5.92 Å². The molecule has 0 aliphatic rings. The maximum atomic E-state index is 12.1. The molecule has 3 N–H and O–H groups in total. The SMILES string of the molecule is CCN(CC(C)C#N)C(=O)Nc1cccc(C(=O)O)c1O. The Bertz CT molecular complexity index is 580. The Morgan fingerprint density at radius 3 is 2.67 bits per heavy atom. The van der Waals surface area contributed by atoms with Gasteiger partial charge in [0.05, 0.1) is 17.7 Å². The summed E-state index contributed by atoms with van der Waals surface area (Å²) >= 11 is 0. The summed E-state index contributed by atoms with van der Waals surface area (Å²) in [7, 11) is 0. The number of nitrogens with one attached hydrogen (secondary N) is 1. The molecule has 0 spiro atoms. The number of hydrogen-bond donors (Lipinski definition) is 3. The molecule has 0 aromatic heterocycles. The molecule has 1 atom stereocenters. The Morgan fingerprint density at radius 1 is 1.48 bits per heavy atom. The first-order valence-corrected chi connectivity index (χ1v) is 6.41. The number of carbonyl (C=O) groups excluding carboxylic acids is 1. The molecule has 0 radical (unpaired) electrons. The van der Waals surface area contributed by atoms with Gasteiger partial charge in [-0.15, -0.1) is 0 Å². The van der Waals surface area contributed by atoms with Crippen molar-refractivity contribution in [3.63, 3.8) is 0 Å². The molecular formula is C14H17N3O4. The molecule has 112 valence electrons. The number of urea groups is 1. The topological polar surface area (TPSA) is 114 Å². The Kier molecular flexibility index (Phi) is 5.55. The second-order valence-corrected chi connectivity index (χ2v) is 4.51. The lowest BCUT2D eigenvalue weighted by atomic mass is 10.1. The molecule has 1 unspecified atom stereocenters. The lowest BCUT2D eigenvalue weighted by Crippen LogP contribution is -2.37. The molecule has 0 bridgehead atoms. The van der Waals surface area contributed by atoms with Gasteiger partial charge in [0.25, 0.3) is 0 Å². The van der Waals surface area contributed by atoms with Crippen LogP contribution in [0.1, 0.15) is 24.2 Å². The van der Waals surface area contributed by atoms with Crippen LogP contribution in [0.5, 0.6) is 5.75 Å². The Balaban J connectivity index is 2.90. The second-order valence-electron chi connectivity index (χ2n) is 4.51. The average Bonchev–Trinajstić information content (AvgIpc) is 2.46. The summed E-state index contributed by atoms with van der Waals surface area (Å²) < 4.78 is 0. The first kappa shape index (κ1) is 16.3. The van der Waals surface area contributed by atoms with Gasteiger partial charge in [0.15, 0.2) is 5.75 Å². The number of nitrogens with zero attached hydrogens (tertiary/aromatic N) is 2. The van der Waals surface area contributed by atoms with E-state index in [9.17, 15) is 14.7 Å². The van der Waals surface area contributed by atoms with E-state index in [1.165, 1.54) is 23.1 Å². The van der Waals surface area contributed by atoms with Gasteiger partial charge in [0.2, 0.25) is 0 Å². The quantitative estimate of drug-likeness (QED) is 0.719. The summed E-state index contributed by atoms with van der Waals surface area (Å²) in [5.74, 6) is -2.11. The Labute approximate surface area is 122 Å². The van der Waals surface area contributed by atoms with Crippen LogP contribution < -0.4 is 5.32 Å². The number of aromatic hydroxyl groups is 1. The normalized spacial score (nSPS) is 11.3. The van der Waals surface area contributed by atoms with E-state index in [0.29, 0.717) is 6.54 Å². The van der Waals surface area contributed by atoms with Gasteiger partial charge in [0, 0.05) is 13.1 Å². The minimum Gasteiger partial charge on any atom is -0.505 e. The van der Waals surface area contributed by atoms with Crippen LogP contribution in [0.3, 0.4) is 0 Å². The van der Waals surface area contributed by atoms with Gasteiger partial charge in [-0.3, -0.25) is 0 Å². The third kappa shape index (κ3) is 4.11. The first-order valence-electron chi connectivity index (χ1n) is 6.41. The summed E-state index contributed by atoms with van der Waals surface area (Å²) in [5, 5.41) is 30.0. The number of phenols is 1. The highest BCUT2D eigenvalue weighted by atomic mass is 16.4. The molecular weight excluding hydrogens is 274 g/mol. The van der Waals surface area contributed by atoms with Crippen LogP contribution in [0.15, 0.2) is 18.2 Å². The van der Waals surface area contributed by atoms with E-state index in [0.717, 1.165) is 0 Å². The number of carboxylic acids is 1. The van der Waals surface area contributed by atoms with Gasteiger partial charge in [-0.2, -0.15) is 5.26 Å². The Morgan fingerprint density at radius 2 is 2.14 bits per heavy atom. The minimum absolute atomic E-state index is 0.0166. The number of nitriles is 1. The van der Waals surface area contributed by atoms with Crippen molar-refractivity contribution in [3.05, 3.63) is 23.8 Å². The number of aromatic carboxylic acids is 1. The number of amides is 2. The molecule has 0 aliphatic heterocycles. The van der Waals surface area contributed by atoms with E-state index < -0.39 is 17.7 Å². The maximum Gasteiger partial charge on any atom is 0.339 e. The number of carboxylic acid groups (broad SMARTS) is 1. The van der Waals surface area contributed by atoms with Crippen LogP contribution in [0.2, 0.25) is 0 Å². The van der Waals surface area contributed by atoms with Gasteiger partial charge < -0.3 is 20.4 Å². The maximum absolute atomic E-state index is 12.1. The third-order valence-electron chi connectivity index (χ3n) is 2.89. The predicted molar refractivity (Wildman–Crippen MR) is 76.1 cm³/mol. The van der Waals surface area contributed by atoms with Crippen LogP contribution in [0.4, 0.5) is 10.5 Å². The van der Waals surface area contributed by atoms with E-state index in [1.54, 1.807) is 13.8 Å². The highest BCUT2D eigenvalue weighted by Crippen LogP contribution is 2.27. The fourth-order valence-electron chi connectivity index (χ4n) is 1.74. The van der Waals surface area contributed by atoms with Crippen molar-refractivity contribution in [1.82, 2.24) is 4.90 Å². The molecule has 21 heavy (non-hydrogen) atoms. The molecule has 1 rings (SSSR count). The summed E-state index contributed by atoms with van der Waals surface area (Å²) in [4.78, 5) is 24.4. The number of rotatable bonds is 5. The number of anilines is 1. The molecule has 0 fully saturated rings. The molecule has 1 aromatic rings. The molecule has 7 nitrogen and oxygen atoms in total. The van der Waals surface area contributed by atoms with Crippen LogP contribution in [0, 0.1) is 17.2 Å². The van der Waals surface area contributed by atoms with Crippen LogP contribution >= 0.6 is 0 Å². The molecule has 7 heteroatoms. The van der Waals surface area contributed by atoms with Gasteiger partial charge in [0.1, 0.15) is 5.56 Å². The number of benzene rings is 1. The molecule has 0 saturated carbocycles. The highest BCUT2D eigenvalue weighted by Gasteiger charge is 2.18. The molecule has 2 amide bonds. The van der Waals surface area contributed by atoms with Crippen molar-refractivity contribution < 1.29 is 19.8 Å². The summed E-state index contributed by atoms with van der Waals surface area (Å²) in [6, 6.07) is 5.60. The van der Waals surface area contributed by atoms with Gasteiger partial charge >= 0.3 is 12.0 Å². The smallest absolute Gasteiger partial charge is 0.339 e. The van der Waals surface area contributed by atoms with E-state index in [4.69, 9.17) is 10.4 Å². The van der Waals surface area contributed by atoms with E-state index in [1.807, 2.05) is 6.07 Å². The van der Waals surface area contributed by atoms with Crippen molar-refractivity contribution in [2.75, 3.05) is 18.4 Å². The van der Waals surface area contributed by atoms with Crippen molar-refractivity contribution >= 4 is 17.7 Å². The van der Waals surface area contributed by atoms with Crippen LogP contribution in [0.25, 0.3) is 0 Å². The van der Waals surface area contributed by atoms with E-state index in [-0.39, 0.29) is 23.7 Å². The molecule has 0 aliphatic carbocycles. The first-order chi connectivity index (χ1) is 9.90. The monoisotopic (exact) mass is 291 g/mol. The van der Waals surface area contributed by atoms with Crippen molar-refractivity contribution in [2.45, 2.75) is 13.8 Å². The van der Waals surface area contributed by atoms with Gasteiger partial charge in [-0.1, -0.05) is 6.07 Å². The lowest BCUT2D eigenvalue weighted by Gasteiger charge is -2.22. The standard InChI is InChI=1S/C14H17N3O4/c1-3-17(8-9(2)7-15)14(21)16-11-6-4-5-10(12(11)18)13(19)20/h4-6,9,18H,3,8H2,1-2H3,(H,16,21)(H,19,20). The minimum atomic E-state index is -1.28. The van der Waals surface area contributed by atoms with Gasteiger partial charge in [-0.25, -0.2) is 9.59 Å². The zero-order chi connectivity index (χ0) is 16.0. The highest BCUT2D eigenvalue weighted by molar-refractivity contribution is 5.97. The number of para-hydroxylation sites is 1. The summed E-state index contributed by atoms with van der Waals surface area (Å²) in [6.45, 7) is 4.09. The predicted octanol–water partition coefficient (Wildman–Crippen LogP) is 2.10. The van der Waals surface area contributed by atoms with Crippen LogP contribution in [-0.2, 0) is 0 Å². The zero-order valence-corrected chi connectivity index (χ0v) is 11.8. The van der Waals surface area contributed by atoms with E-state index in [2.05, 4.69) is 5.32 Å². The Hall–Kier alpha value is -2.75. The van der Waals surface area contributed by atoms with Crippen LogP contribution in [-0.4, -0.2) is 40.2 Å². The van der Waals surface area contributed by atoms with Crippen molar-refractivity contribution in [3.8, 4) is 11.8 Å². The summed E-state index contributed by atoms with van der Waals surface area (Å²) in [5.41, 5.74) is -0.274. The zero-order valence-electron chi connectivity index (χ0n) is 11.8.